The van der Waals surface area contributed by atoms with E-state index in [0.29, 0.717) is 12.3 Å². The summed E-state index contributed by atoms with van der Waals surface area (Å²) < 4.78 is 5.20. The van der Waals surface area contributed by atoms with E-state index in [1.165, 1.54) is 6.39 Å². The first-order valence-electron chi connectivity index (χ1n) is 7.00. The van der Waals surface area contributed by atoms with E-state index in [1.807, 2.05) is 25.1 Å². The van der Waals surface area contributed by atoms with Crippen LogP contribution in [0.2, 0.25) is 0 Å². The van der Waals surface area contributed by atoms with Crippen LogP contribution in [0.15, 0.2) is 29.0 Å². The lowest BCUT2D eigenvalue weighted by Crippen LogP contribution is -2.23. The van der Waals surface area contributed by atoms with Gasteiger partial charge in [-0.15, -0.1) is 10.2 Å². The van der Waals surface area contributed by atoms with Gasteiger partial charge < -0.3 is 9.73 Å². The number of nitrogens with zero attached hydrogens (tertiary/aromatic N) is 3. The zero-order chi connectivity index (χ0) is 15.3. The summed E-state index contributed by atoms with van der Waals surface area (Å²) in [6.45, 7) is 7.21. The maximum atomic E-state index is 8.69. The zero-order valence-electron chi connectivity index (χ0n) is 12.7. The normalized spacial score (nSPS) is 11.1. The summed E-state index contributed by atoms with van der Waals surface area (Å²) in [5.74, 6) is 0.527. The molecule has 0 bridgehead atoms. The number of nitrogens with one attached hydrogen (secondary N) is 1. The van der Waals surface area contributed by atoms with Crippen molar-refractivity contribution in [3.63, 3.8) is 0 Å². The maximum Gasteiger partial charge on any atom is 0.247 e. The first-order valence-corrected chi connectivity index (χ1v) is 7.00. The second kappa shape index (κ2) is 6.40. The van der Waals surface area contributed by atoms with E-state index < -0.39 is 0 Å². The molecule has 0 aliphatic heterocycles. The van der Waals surface area contributed by atoms with Gasteiger partial charge in [-0.3, -0.25) is 0 Å². The molecule has 0 aliphatic carbocycles. The standard InChI is InChI=1S/C16H20N4O/c1-12-9-13(15-20-19-11-21-15)5-6-14(12)18-10-16(2,3)7-4-8-17/h5-6,9,11,18H,4,7,10H2,1-3H3. The molecule has 0 fully saturated rings. The zero-order valence-corrected chi connectivity index (χ0v) is 12.7. The summed E-state index contributed by atoms with van der Waals surface area (Å²) in [5, 5.41) is 19.7. The van der Waals surface area contributed by atoms with Crippen LogP contribution < -0.4 is 5.32 Å². The molecule has 0 atom stereocenters. The van der Waals surface area contributed by atoms with Crippen molar-refractivity contribution in [3.8, 4) is 17.5 Å². The third-order valence-electron chi connectivity index (χ3n) is 3.50. The van der Waals surface area contributed by atoms with E-state index in [-0.39, 0.29) is 5.41 Å². The van der Waals surface area contributed by atoms with Crippen LogP contribution in [-0.4, -0.2) is 16.7 Å². The highest BCUT2D eigenvalue weighted by Crippen LogP contribution is 2.26. The monoisotopic (exact) mass is 284 g/mol. The molecule has 0 unspecified atom stereocenters. The molecular formula is C16H20N4O. The Morgan fingerprint density at radius 1 is 1.38 bits per heavy atom. The van der Waals surface area contributed by atoms with Crippen LogP contribution in [0.25, 0.3) is 11.5 Å². The SMILES string of the molecule is Cc1cc(-c2nnco2)ccc1NCC(C)(C)CCC#N. The second-order valence-electron chi connectivity index (χ2n) is 5.95. The number of benzene rings is 1. The second-order valence-corrected chi connectivity index (χ2v) is 5.95. The quantitative estimate of drug-likeness (QED) is 0.873. The Morgan fingerprint density at radius 3 is 2.81 bits per heavy atom. The van der Waals surface area contributed by atoms with Gasteiger partial charge in [0.05, 0.1) is 6.07 Å². The lowest BCUT2D eigenvalue weighted by atomic mass is 9.88. The fraction of sp³-hybridized carbons (Fsp3) is 0.438. The Balaban J connectivity index is 2.03. The summed E-state index contributed by atoms with van der Waals surface area (Å²) in [7, 11) is 0. The predicted octanol–water partition coefficient (Wildman–Crippen LogP) is 3.79. The van der Waals surface area contributed by atoms with Crippen molar-refractivity contribution in [1.29, 1.82) is 5.26 Å². The van der Waals surface area contributed by atoms with Gasteiger partial charge in [0.1, 0.15) is 0 Å². The molecule has 1 N–H and O–H groups in total. The van der Waals surface area contributed by atoms with Crippen LogP contribution in [0.1, 0.15) is 32.3 Å². The van der Waals surface area contributed by atoms with E-state index in [9.17, 15) is 0 Å². The Labute approximate surface area is 125 Å². The van der Waals surface area contributed by atoms with E-state index in [0.717, 1.165) is 29.8 Å². The topological polar surface area (TPSA) is 74.7 Å². The van der Waals surface area contributed by atoms with Gasteiger partial charge in [0, 0.05) is 24.2 Å². The molecule has 1 heterocycles. The van der Waals surface area contributed by atoms with Crippen molar-refractivity contribution in [3.05, 3.63) is 30.2 Å². The molecule has 2 aromatic rings. The van der Waals surface area contributed by atoms with E-state index >= 15 is 0 Å². The van der Waals surface area contributed by atoms with Crippen molar-refractivity contribution in [1.82, 2.24) is 10.2 Å². The van der Waals surface area contributed by atoms with E-state index in [1.54, 1.807) is 0 Å². The molecule has 2 rings (SSSR count). The van der Waals surface area contributed by atoms with Crippen LogP contribution >= 0.6 is 0 Å². The summed E-state index contributed by atoms with van der Waals surface area (Å²) in [6.07, 6.45) is 2.80. The number of hydrogen-bond acceptors (Lipinski definition) is 5. The third-order valence-corrected chi connectivity index (χ3v) is 3.50. The number of aryl methyl sites for hydroxylation is 1. The Hall–Kier alpha value is -2.35. The highest BCUT2D eigenvalue weighted by molar-refractivity contribution is 5.62. The first-order chi connectivity index (χ1) is 10.0. The number of anilines is 1. The first kappa shape index (κ1) is 15.0. The molecule has 21 heavy (non-hydrogen) atoms. The Kier molecular flexibility index (Phi) is 4.59. The van der Waals surface area contributed by atoms with Crippen LogP contribution in [0, 0.1) is 23.7 Å². The minimum absolute atomic E-state index is 0.0906. The van der Waals surface area contributed by atoms with Gasteiger partial charge in [0.15, 0.2) is 0 Å². The van der Waals surface area contributed by atoms with Gasteiger partial charge >= 0.3 is 0 Å². The molecule has 0 saturated carbocycles. The number of aromatic nitrogens is 2. The summed E-state index contributed by atoms with van der Waals surface area (Å²) in [5.41, 5.74) is 3.22. The summed E-state index contributed by atoms with van der Waals surface area (Å²) >= 11 is 0. The molecule has 0 saturated heterocycles. The van der Waals surface area contributed by atoms with Gasteiger partial charge in [-0.1, -0.05) is 13.8 Å². The average molecular weight is 284 g/mol. The Morgan fingerprint density at radius 2 is 2.19 bits per heavy atom. The molecular weight excluding hydrogens is 264 g/mol. The van der Waals surface area contributed by atoms with Gasteiger partial charge in [0.2, 0.25) is 12.3 Å². The molecule has 0 radical (unpaired) electrons. The average Bonchev–Trinajstić information content (AvgIpc) is 2.98. The van der Waals surface area contributed by atoms with Crippen LogP contribution in [0.4, 0.5) is 5.69 Å². The fourth-order valence-electron chi connectivity index (χ4n) is 2.11. The highest BCUT2D eigenvalue weighted by atomic mass is 16.4. The van der Waals surface area contributed by atoms with Crippen molar-refractivity contribution in [2.24, 2.45) is 5.41 Å². The molecule has 0 aliphatic rings. The van der Waals surface area contributed by atoms with Gasteiger partial charge in [-0.25, -0.2) is 0 Å². The third kappa shape index (κ3) is 4.06. The molecule has 5 nitrogen and oxygen atoms in total. The molecule has 1 aromatic heterocycles. The number of rotatable bonds is 6. The molecule has 1 aromatic carbocycles. The summed E-state index contributed by atoms with van der Waals surface area (Å²) in [4.78, 5) is 0. The lowest BCUT2D eigenvalue weighted by Gasteiger charge is -2.25. The van der Waals surface area contributed by atoms with E-state index in [4.69, 9.17) is 9.68 Å². The summed E-state index contributed by atoms with van der Waals surface area (Å²) in [6, 6.07) is 8.22. The molecule has 110 valence electrons. The van der Waals surface area contributed by atoms with Crippen molar-refractivity contribution in [2.75, 3.05) is 11.9 Å². The van der Waals surface area contributed by atoms with Crippen LogP contribution in [0.5, 0.6) is 0 Å². The minimum Gasteiger partial charge on any atom is -0.423 e. The fourth-order valence-corrected chi connectivity index (χ4v) is 2.11. The van der Waals surface area contributed by atoms with Crippen LogP contribution in [-0.2, 0) is 0 Å². The molecule has 0 spiro atoms. The Bertz CT molecular complexity index is 626. The van der Waals surface area contributed by atoms with Gasteiger partial charge in [0.25, 0.3) is 0 Å². The highest BCUT2D eigenvalue weighted by Gasteiger charge is 2.17. The number of nitriles is 1. The molecule has 5 heteroatoms. The van der Waals surface area contributed by atoms with E-state index in [2.05, 4.69) is 35.4 Å². The largest absolute Gasteiger partial charge is 0.423 e. The maximum absolute atomic E-state index is 8.69. The van der Waals surface area contributed by atoms with Crippen molar-refractivity contribution >= 4 is 5.69 Å². The van der Waals surface area contributed by atoms with Crippen molar-refractivity contribution < 1.29 is 4.42 Å². The smallest absolute Gasteiger partial charge is 0.247 e. The molecule has 0 amide bonds. The van der Waals surface area contributed by atoms with Crippen LogP contribution in [0.3, 0.4) is 0 Å². The van der Waals surface area contributed by atoms with Gasteiger partial charge in [-0.2, -0.15) is 5.26 Å². The predicted molar refractivity (Wildman–Crippen MR) is 81.6 cm³/mol. The lowest BCUT2D eigenvalue weighted by molar-refractivity contribution is 0.364. The number of hydrogen-bond donors (Lipinski definition) is 1. The van der Waals surface area contributed by atoms with Gasteiger partial charge in [-0.05, 0) is 42.5 Å². The van der Waals surface area contributed by atoms with Crippen molar-refractivity contribution in [2.45, 2.75) is 33.6 Å². The minimum atomic E-state index is 0.0906.